The molecule has 1 aromatic heterocycles. The monoisotopic (exact) mass is 469 g/mol. The summed E-state index contributed by atoms with van der Waals surface area (Å²) in [5.41, 5.74) is 5.76. The van der Waals surface area contributed by atoms with E-state index in [0.717, 1.165) is 33.8 Å². The van der Waals surface area contributed by atoms with Crippen molar-refractivity contribution in [2.24, 2.45) is 4.99 Å². The Kier molecular flexibility index (Phi) is 4.83. The van der Waals surface area contributed by atoms with Crippen molar-refractivity contribution in [3.8, 4) is 5.69 Å². The molecule has 7 nitrogen and oxygen atoms in total. The normalized spacial score (nSPS) is 22.8. The number of nitro groups is 1. The summed E-state index contributed by atoms with van der Waals surface area (Å²) >= 11 is 6.90. The van der Waals surface area contributed by atoms with Crippen molar-refractivity contribution in [2.75, 3.05) is 0 Å². The van der Waals surface area contributed by atoms with E-state index >= 15 is 0 Å². The minimum Gasteiger partial charge on any atom is -0.263 e. The van der Waals surface area contributed by atoms with Gasteiger partial charge in [-0.3, -0.25) is 20.0 Å². The SMILES string of the molecule is Cc1nn(-c2ccccc2)c(Cl)c1[C@@H]1N=C(c2ccccc2)[C@@H]2[C@H](c3ccc([N+](=O)[O-])cc3)N21. The molecule has 2 aliphatic heterocycles. The second kappa shape index (κ2) is 7.90. The Morgan fingerprint density at radius 3 is 2.21 bits per heavy atom. The average Bonchev–Trinajstić information content (AvgIpc) is 3.37. The number of nitro benzene ring substituents is 1. The van der Waals surface area contributed by atoms with Crippen LogP contribution >= 0.6 is 11.6 Å². The summed E-state index contributed by atoms with van der Waals surface area (Å²) in [4.78, 5) is 18.1. The maximum atomic E-state index is 11.1. The highest BCUT2D eigenvalue weighted by molar-refractivity contribution is 6.30. The molecule has 3 aromatic carbocycles. The molecule has 0 aliphatic carbocycles. The number of halogens is 1. The van der Waals surface area contributed by atoms with E-state index in [4.69, 9.17) is 21.7 Å². The minimum atomic E-state index is -0.376. The molecule has 0 saturated carbocycles. The summed E-state index contributed by atoms with van der Waals surface area (Å²) < 4.78 is 1.75. The molecule has 0 spiro atoms. The van der Waals surface area contributed by atoms with E-state index in [1.54, 1.807) is 16.8 Å². The van der Waals surface area contributed by atoms with Gasteiger partial charge in [0.1, 0.15) is 11.3 Å². The van der Waals surface area contributed by atoms with Gasteiger partial charge in [-0.2, -0.15) is 5.10 Å². The molecular formula is C26H20ClN5O2. The lowest BCUT2D eigenvalue weighted by Gasteiger charge is -2.14. The third-order valence-corrected chi connectivity index (χ3v) is 6.86. The van der Waals surface area contributed by atoms with Crippen LogP contribution in [0.15, 0.2) is 89.9 Å². The van der Waals surface area contributed by atoms with Crippen LogP contribution in [0.25, 0.3) is 5.69 Å². The fourth-order valence-corrected chi connectivity index (χ4v) is 5.25. The molecule has 3 heterocycles. The molecular weight excluding hydrogens is 450 g/mol. The quantitative estimate of drug-likeness (QED) is 0.214. The van der Waals surface area contributed by atoms with Crippen LogP contribution in [0.3, 0.4) is 0 Å². The van der Waals surface area contributed by atoms with Crippen molar-refractivity contribution in [3.05, 3.63) is 123 Å². The van der Waals surface area contributed by atoms with Gasteiger partial charge in [-0.25, -0.2) is 4.68 Å². The molecule has 8 heteroatoms. The van der Waals surface area contributed by atoms with Gasteiger partial charge in [0.25, 0.3) is 5.69 Å². The van der Waals surface area contributed by atoms with Gasteiger partial charge >= 0.3 is 0 Å². The maximum absolute atomic E-state index is 11.1. The van der Waals surface area contributed by atoms with E-state index in [1.165, 1.54) is 0 Å². The second-order valence-electron chi connectivity index (χ2n) is 8.48. The molecule has 0 radical (unpaired) electrons. The fourth-order valence-electron chi connectivity index (χ4n) is 4.88. The average molecular weight is 470 g/mol. The zero-order chi connectivity index (χ0) is 23.4. The Morgan fingerprint density at radius 1 is 0.912 bits per heavy atom. The molecule has 1 unspecified atom stereocenters. The van der Waals surface area contributed by atoms with Gasteiger partial charge in [0.05, 0.1) is 39.7 Å². The van der Waals surface area contributed by atoms with Crippen molar-refractivity contribution in [1.29, 1.82) is 0 Å². The molecule has 2 aliphatic rings. The zero-order valence-electron chi connectivity index (χ0n) is 18.2. The highest BCUT2D eigenvalue weighted by Crippen LogP contribution is 2.57. The number of hydrogen-bond acceptors (Lipinski definition) is 5. The Balaban J connectivity index is 1.43. The lowest BCUT2D eigenvalue weighted by molar-refractivity contribution is -0.384. The third-order valence-electron chi connectivity index (χ3n) is 6.50. The second-order valence-corrected chi connectivity index (χ2v) is 8.83. The van der Waals surface area contributed by atoms with Crippen LogP contribution in [-0.2, 0) is 0 Å². The predicted molar refractivity (Wildman–Crippen MR) is 130 cm³/mol. The van der Waals surface area contributed by atoms with Crippen molar-refractivity contribution in [2.45, 2.75) is 25.2 Å². The summed E-state index contributed by atoms with van der Waals surface area (Å²) in [5, 5.41) is 16.4. The van der Waals surface area contributed by atoms with Crippen LogP contribution in [0.2, 0.25) is 5.15 Å². The molecule has 1 fully saturated rings. The van der Waals surface area contributed by atoms with E-state index in [1.807, 2.05) is 67.6 Å². The Labute approximate surface area is 201 Å². The van der Waals surface area contributed by atoms with Gasteiger partial charge in [0.15, 0.2) is 0 Å². The first-order chi connectivity index (χ1) is 16.5. The number of benzene rings is 3. The van der Waals surface area contributed by atoms with Crippen LogP contribution in [0, 0.1) is 17.0 Å². The van der Waals surface area contributed by atoms with E-state index in [9.17, 15) is 10.1 Å². The first kappa shape index (κ1) is 20.8. The van der Waals surface area contributed by atoms with E-state index < -0.39 is 0 Å². The number of aromatic nitrogens is 2. The lowest BCUT2D eigenvalue weighted by Crippen LogP contribution is -2.09. The van der Waals surface area contributed by atoms with Crippen molar-refractivity contribution >= 4 is 23.0 Å². The molecule has 6 rings (SSSR count). The number of para-hydroxylation sites is 1. The van der Waals surface area contributed by atoms with Crippen molar-refractivity contribution in [1.82, 2.24) is 14.7 Å². The van der Waals surface area contributed by atoms with Gasteiger partial charge < -0.3 is 0 Å². The molecule has 0 bridgehead atoms. The van der Waals surface area contributed by atoms with E-state index in [0.29, 0.717) is 5.15 Å². The molecule has 4 atom stereocenters. The highest BCUT2D eigenvalue weighted by Gasteiger charge is 2.60. The number of aliphatic imine (C=N–C) groups is 1. The molecule has 168 valence electrons. The first-order valence-electron chi connectivity index (χ1n) is 11.0. The van der Waals surface area contributed by atoms with Gasteiger partial charge in [0.2, 0.25) is 0 Å². The van der Waals surface area contributed by atoms with Crippen LogP contribution in [0.4, 0.5) is 5.69 Å². The number of nitrogens with zero attached hydrogens (tertiary/aromatic N) is 5. The van der Waals surface area contributed by atoms with Crippen LogP contribution in [-0.4, -0.2) is 31.4 Å². The van der Waals surface area contributed by atoms with E-state index in [-0.39, 0.29) is 28.9 Å². The smallest absolute Gasteiger partial charge is 0.263 e. The molecule has 34 heavy (non-hydrogen) atoms. The molecule has 4 aromatic rings. The topological polar surface area (TPSA) is 76.3 Å². The molecule has 0 amide bonds. The number of rotatable bonds is 5. The third kappa shape index (κ3) is 3.24. The van der Waals surface area contributed by atoms with Crippen molar-refractivity contribution < 1.29 is 4.92 Å². The van der Waals surface area contributed by atoms with Gasteiger partial charge in [-0.1, -0.05) is 72.3 Å². The number of non-ortho nitro benzene ring substituents is 1. The van der Waals surface area contributed by atoms with Gasteiger partial charge in [-0.15, -0.1) is 0 Å². The number of hydrogen-bond donors (Lipinski definition) is 0. The summed E-state index contributed by atoms with van der Waals surface area (Å²) in [6, 6.07) is 26.8. The largest absolute Gasteiger partial charge is 0.269 e. The Hall–Kier alpha value is -3.81. The summed E-state index contributed by atoms with van der Waals surface area (Å²) in [6.07, 6.45) is -0.287. The summed E-state index contributed by atoms with van der Waals surface area (Å²) in [5.74, 6) is 0. The summed E-state index contributed by atoms with van der Waals surface area (Å²) in [7, 11) is 0. The number of fused-ring (bicyclic) bond motifs is 1. The lowest BCUT2D eigenvalue weighted by atomic mass is 10.0. The highest BCUT2D eigenvalue weighted by atomic mass is 35.5. The first-order valence-corrected chi connectivity index (χ1v) is 11.4. The Morgan fingerprint density at radius 2 is 1.56 bits per heavy atom. The minimum absolute atomic E-state index is 0.0639. The predicted octanol–water partition coefficient (Wildman–Crippen LogP) is 5.67. The van der Waals surface area contributed by atoms with Crippen molar-refractivity contribution in [3.63, 3.8) is 0 Å². The van der Waals surface area contributed by atoms with Crippen LogP contribution in [0.5, 0.6) is 0 Å². The molecule has 1 saturated heterocycles. The summed E-state index contributed by atoms with van der Waals surface area (Å²) in [6.45, 7) is 1.95. The maximum Gasteiger partial charge on any atom is 0.269 e. The standard InChI is InChI=1S/C26H20ClN5O2/c1-16-21(25(27)31(29-16)19-10-6-3-7-11-19)26-28-22(17-8-4-2-5-9-17)24-23(30(24)26)18-12-14-20(15-13-18)32(33)34/h2-15,23-24,26H,1H3/t23-,24+,26+,30?/m0/s1. The van der Waals surface area contributed by atoms with Gasteiger partial charge in [-0.05, 0) is 30.2 Å². The van der Waals surface area contributed by atoms with Crippen LogP contribution < -0.4 is 0 Å². The zero-order valence-corrected chi connectivity index (χ0v) is 19.0. The molecule has 0 N–H and O–H groups in total. The fraction of sp³-hybridized carbons (Fsp3) is 0.154. The Bertz CT molecular complexity index is 1420. The van der Waals surface area contributed by atoms with Crippen LogP contribution in [0.1, 0.15) is 34.6 Å². The van der Waals surface area contributed by atoms with E-state index in [2.05, 4.69) is 17.0 Å². The number of aryl methyl sites for hydroxylation is 1. The van der Waals surface area contributed by atoms with Gasteiger partial charge in [0, 0.05) is 12.1 Å².